The number of carbonyl (C=O) groups excluding carboxylic acids is 2. The fraction of sp³-hybridized carbons (Fsp3) is 0.435. The van der Waals surface area contributed by atoms with Crippen molar-refractivity contribution >= 4 is 17.5 Å². The van der Waals surface area contributed by atoms with E-state index in [0.717, 1.165) is 30.4 Å². The number of nitrogens with one attached hydrogen (secondary N) is 1. The first kappa shape index (κ1) is 19.6. The Labute approximate surface area is 171 Å². The van der Waals surface area contributed by atoms with Crippen LogP contribution in [-0.4, -0.2) is 46.5 Å². The normalized spacial score (nSPS) is 20.6. The molecule has 0 saturated carbocycles. The molecule has 2 saturated heterocycles. The number of benzene rings is 1. The highest BCUT2D eigenvalue weighted by atomic mass is 16.5. The van der Waals surface area contributed by atoms with Gasteiger partial charge in [-0.2, -0.15) is 0 Å². The SMILES string of the molecule is Cc1ccc(C(=O)N2CCC3(CC[C@@H](C(=O)Nc4cccnc4)O3)CC2)cc1C. The Kier molecular flexibility index (Phi) is 5.37. The van der Waals surface area contributed by atoms with Crippen molar-refractivity contribution in [3.63, 3.8) is 0 Å². The van der Waals surface area contributed by atoms with Crippen LogP contribution >= 0.6 is 0 Å². The van der Waals surface area contributed by atoms with Gasteiger partial charge in [0.15, 0.2) is 0 Å². The minimum atomic E-state index is -0.447. The number of piperidine rings is 1. The van der Waals surface area contributed by atoms with E-state index >= 15 is 0 Å². The third kappa shape index (κ3) is 4.17. The third-order valence-electron chi connectivity index (χ3n) is 6.19. The van der Waals surface area contributed by atoms with Crippen LogP contribution < -0.4 is 5.32 Å². The smallest absolute Gasteiger partial charge is 0.253 e. The Morgan fingerprint density at radius 1 is 1.14 bits per heavy atom. The molecule has 6 nitrogen and oxygen atoms in total. The topological polar surface area (TPSA) is 71.5 Å². The van der Waals surface area contributed by atoms with Crippen LogP contribution in [0.4, 0.5) is 5.69 Å². The standard InChI is InChI=1S/C23H27N3O3/c1-16-5-6-18(14-17(16)2)22(28)26-12-9-23(10-13-26)8-7-20(29-23)21(27)25-19-4-3-11-24-15-19/h3-6,11,14-15,20H,7-10,12-13H2,1-2H3,(H,25,27)/t20-/m0/s1. The van der Waals surface area contributed by atoms with Crippen molar-refractivity contribution in [1.82, 2.24) is 9.88 Å². The van der Waals surface area contributed by atoms with Gasteiger partial charge >= 0.3 is 0 Å². The lowest BCUT2D eigenvalue weighted by atomic mass is 9.88. The number of aromatic nitrogens is 1. The van der Waals surface area contributed by atoms with Crippen LogP contribution in [0.15, 0.2) is 42.7 Å². The summed E-state index contributed by atoms with van der Waals surface area (Å²) < 4.78 is 6.22. The molecule has 1 atom stereocenters. The van der Waals surface area contributed by atoms with Gasteiger partial charge in [0.05, 0.1) is 17.5 Å². The number of anilines is 1. The fourth-order valence-electron chi connectivity index (χ4n) is 4.20. The maximum absolute atomic E-state index is 12.9. The van der Waals surface area contributed by atoms with E-state index in [0.29, 0.717) is 25.2 Å². The van der Waals surface area contributed by atoms with Gasteiger partial charge in [0, 0.05) is 24.8 Å². The predicted molar refractivity (Wildman–Crippen MR) is 111 cm³/mol. The first-order valence-electron chi connectivity index (χ1n) is 10.2. The molecule has 0 aliphatic carbocycles. The second-order valence-electron chi connectivity index (χ2n) is 8.15. The number of hydrogen-bond acceptors (Lipinski definition) is 4. The molecule has 2 amide bonds. The molecule has 0 bridgehead atoms. The second kappa shape index (κ2) is 7.95. The van der Waals surface area contributed by atoms with E-state index in [9.17, 15) is 9.59 Å². The van der Waals surface area contributed by atoms with Crippen molar-refractivity contribution in [3.05, 3.63) is 59.4 Å². The molecule has 4 rings (SSSR count). The summed E-state index contributed by atoms with van der Waals surface area (Å²) in [6, 6.07) is 9.47. The molecule has 2 fully saturated rings. The van der Waals surface area contributed by atoms with E-state index in [1.54, 1.807) is 18.5 Å². The highest BCUT2D eigenvalue weighted by molar-refractivity contribution is 5.95. The minimum absolute atomic E-state index is 0.0758. The van der Waals surface area contributed by atoms with Gasteiger partial charge in [0.2, 0.25) is 0 Å². The van der Waals surface area contributed by atoms with Crippen molar-refractivity contribution in [1.29, 1.82) is 0 Å². The Bertz CT molecular complexity index is 905. The monoisotopic (exact) mass is 393 g/mol. The van der Waals surface area contributed by atoms with Gasteiger partial charge in [-0.25, -0.2) is 0 Å². The van der Waals surface area contributed by atoms with Crippen molar-refractivity contribution in [3.8, 4) is 0 Å². The third-order valence-corrected chi connectivity index (χ3v) is 6.19. The molecule has 2 aliphatic rings. The Morgan fingerprint density at radius 3 is 2.62 bits per heavy atom. The molecule has 6 heteroatoms. The molecule has 2 aliphatic heterocycles. The van der Waals surface area contributed by atoms with Gasteiger partial charge in [0.25, 0.3) is 11.8 Å². The molecule has 3 heterocycles. The first-order chi connectivity index (χ1) is 14.0. The molecular weight excluding hydrogens is 366 g/mol. The first-order valence-corrected chi connectivity index (χ1v) is 10.2. The fourth-order valence-corrected chi connectivity index (χ4v) is 4.20. The average Bonchev–Trinajstić information content (AvgIpc) is 3.15. The summed E-state index contributed by atoms with van der Waals surface area (Å²) >= 11 is 0. The van der Waals surface area contributed by atoms with Gasteiger partial charge in [-0.3, -0.25) is 14.6 Å². The van der Waals surface area contributed by atoms with E-state index in [-0.39, 0.29) is 17.4 Å². The van der Waals surface area contributed by atoms with Crippen LogP contribution in [0.5, 0.6) is 0 Å². The van der Waals surface area contributed by atoms with Crippen molar-refractivity contribution in [2.24, 2.45) is 0 Å². The van der Waals surface area contributed by atoms with Crippen LogP contribution in [0.1, 0.15) is 47.2 Å². The largest absolute Gasteiger partial charge is 0.362 e. The van der Waals surface area contributed by atoms with Gasteiger partial charge in [0.1, 0.15) is 6.10 Å². The molecule has 1 spiro atoms. The van der Waals surface area contributed by atoms with Crippen LogP contribution in [0.3, 0.4) is 0 Å². The lowest BCUT2D eigenvalue weighted by Crippen LogP contribution is -2.47. The molecule has 0 unspecified atom stereocenters. The summed E-state index contributed by atoms with van der Waals surface area (Å²) in [5, 5.41) is 2.87. The van der Waals surface area contributed by atoms with Gasteiger partial charge in [-0.05, 0) is 74.9 Å². The number of hydrogen-bond donors (Lipinski definition) is 1. The van der Waals surface area contributed by atoms with Gasteiger partial charge in [-0.1, -0.05) is 6.07 Å². The Balaban J connectivity index is 1.33. The molecule has 0 radical (unpaired) electrons. The number of amides is 2. The lowest BCUT2D eigenvalue weighted by molar-refractivity contribution is -0.135. The van der Waals surface area contributed by atoms with Gasteiger partial charge in [-0.15, -0.1) is 0 Å². The van der Waals surface area contributed by atoms with Crippen molar-refractivity contribution in [2.45, 2.75) is 51.2 Å². The van der Waals surface area contributed by atoms with E-state index in [1.807, 2.05) is 43.0 Å². The molecule has 152 valence electrons. The zero-order chi connectivity index (χ0) is 20.4. The number of nitrogens with zero attached hydrogens (tertiary/aromatic N) is 2. The maximum atomic E-state index is 12.9. The van der Waals surface area contributed by atoms with Crippen LogP contribution in [0, 0.1) is 13.8 Å². The highest BCUT2D eigenvalue weighted by Gasteiger charge is 2.45. The maximum Gasteiger partial charge on any atom is 0.253 e. The zero-order valence-corrected chi connectivity index (χ0v) is 17.0. The molecule has 1 aromatic carbocycles. The average molecular weight is 393 g/mol. The van der Waals surface area contributed by atoms with Crippen molar-refractivity contribution in [2.75, 3.05) is 18.4 Å². The highest BCUT2D eigenvalue weighted by Crippen LogP contribution is 2.39. The summed E-state index contributed by atoms with van der Waals surface area (Å²) in [6.45, 7) is 5.39. The number of carbonyl (C=O) groups is 2. The molecule has 29 heavy (non-hydrogen) atoms. The summed E-state index contributed by atoms with van der Waals surface area (Å²) in [4.78, 5) is 31.3. The van der Waals surface area contributed by atoms with Crippen molar-refractivity contribution < 1.29 is 14.3 Å². The van der Waals surface area contributed by atoms with Crippen LogP contribution in [-0.2, 0) is 9.53 Å². The van der Waals surface area contributed by atoms with Crippen LogP contribution in [0.2, 0.25) is 0 Å². The van der Waals surface area contributed by atoms with Crippen LogP contribution in [0.25, 0.3) is 0 Å². The summed E-state index contributed by atoms with van der Waals surface area (Å²) in [6.07, 6.45) is 5.93. The van der Waals surface area contributed by atoms with E-state index in [4.69, 9.17) is 4.74 Å². The number of rotatable bonds is 3. The lowest BCUT2D eigenvalue weighted by Gasteiger charge is -2.39. The minimum Gasteiger partial charge on any atom is -0.362 e. The Hall–Kier alpha value is -2.73. The van der Waals surface area contributed by atoms with E-state index < -0.39 is 6.10 Å². The van der Waals surface area contributed by atoms with Gasteiger partial charge < -0.3 is 15.0 Å². The number of pyridine rings is 1. The number of likely N-dealkylation sites (tertiary alicyclic amines) is 1. The molecular formula is C23H27N3O3. The summed E-state index contributed by atoms with van der Waals surface area (Å²) in [5.41, 5.74) is 3.44. The molecule has 2 aromatic rings. The summed E-state index contributed by atoms with van der Waals surface area (Å²) in [7, 11) is 0. The van der Waals surface area contributed by atoms with E-state index in [1.165, 1.54) is 5.56 Å². The summed E-state index contributed by atoms with van der Waals surface area (Å²) in [5.74, 6) is -0.0460. The molecule has 1 N–H and O–H groups in total. The predicted octanol–water partition coefficient (Wildman–Crippen LogP) is 3.49. The zero-order valence-electron chi connectivity index (χ0n) is 17.0. The Morgan fingerprint density at radius 2 is 1.93 bits per heavy atom. The number of ether oxygens (including phenoxy) is 1. The second-order valence-corrected chi connectivity index (χ2v) is 8.15. The van der Waals surface area contributed by atoms with E-state index in [2.05, 4.69) is 10.3 Å². The quantitative estimate of drug-likeness (QED) is 0.867. The molecule has 1 aromatic heterocycles. The number of aryl methyl sites for hydroxylation is 2.